The van der Waals surface area contributed by atoms with E-state index in [2.05, 4.69) is 25.7 Å². The smallest absolute Gasteiger partial charge is 0.0674 e. The van der Waals surface area contributed by atoms with Crippen LogP contribution in [0.1, 0.15) is 65.7 Å². The molecule has 1 unspecified atom stereocenters. The molecule has 1 saturated heterocycles. The van der Waals surface area contributed by atoms with Crippen LogP contribution >= 0.6 is 0 Å². The zero-order valence-electron chi connectivity index (χ0n) is 12.0. The average Bonchev–Trinajstić information content (AvgIpc) is 2.35. The summed E-state index contributed by atoms with van der Waals surface area (Å²) in [4.78, 5) is 2.45. The van der Waals surface area contributed by atoms with Gasteiger partial charge in [0, 0.05) is 13.1 Å². The number of aliphatic hydroxyl groups is 1. The van der Waals surface area contributed by atoms with Gasteiger partial charge in [-0.2, -0.15) is 0 Å². The second-order valence-corrected chi connectivity index (χ2v) is 5.78. The number of rotatable bonds is 7. The standard InChI is InChI=1S/C15H31NO/c1-4-7-8-14(5-2)13-15(17)9-11-16(6-3)12-10-15/h14,17H,4-13H2,1-3H3. The van der Waals surface area contributed by atoms with Crippen molar-refractivity contribution in [2.75, 3.05) is 19.6 Å². The highest BCUT2D eigenvalue weighted by atomic mass is 16.3. The van der Waals surface area contributed by atoms with Crippen LogP contribution in [0.15, 0.2) is 0 Å². The Bertz CT molecular complexity index is 197. The van der Waals surface area contributed by atoms with E-state index in [1.165, 1.54) is 25.7 Å². The predicted octanol–water partition coefficient (Wildman–Crippen LogP) is 3.44. The number of hydrogen-bond donors (Lipinski definition) is 1. The van der Waals surface area contributed by atoms with E-state index in [0.717, 1.165) is 44.8 Å². The molecule has 1 rings (SSSR count). The van der Waals surface area contributed by atoms with Gasteiger partial charge in [0.2, 0.25) is 0 Å². The van der Waals surface area contributed by atoms with Crippen LogP contribution in [0.2, 0.25) is 0 Å². The van der Waals surface area contributed by atoms with Gasteiger partial charge in [0.1, 0.15) is 0 Å². The average molecular weight is 241 g/mol. The Hall–Kier alpha value is -0.0800. The summed E-state index contributed by atoms with van der Waals surface area (Å²) >= 11 is 0. The van der Waals surface area contributed by atoms with Crippen molar-refractivity contribution in [2.24, 2.45) is 5.92 Å². The molecular weight excluding hydrogens is 210 g/mol. The molecule has 0 radical (unpaired) electrons. The van der Waals surface area contributed by atoms with Gasteiger partial charge >= 0.3 is 0 Å². The largest absolute Gasteiger partial charge is 0.390 e. The Morgan fingerprint density at radius 2 is 1.82 bits per heavy atom. The third kappa shape index (κ3) is 4.97. The van der Waals surface area contributed by atoms with E-state index < -0.39 is 0 Å². The van der Waals surface area contributed by atoms with E-state index in [4.69, 9.17) is 0 Å². The minimum absolute atomic E-state index is 0.361. The molecule has 0 saturated carbocycles. The van der Waals surface area contributed by atoms with Crippen molar-refractivity contribution in [3.63, 3.8) is 0 Å². The third-order valence-electron chi connectivity index (χ3n) is 4.45. The molecule has 0 aromatic rings. The summed E-state index contributed by atoms with van der Waals surface area (Å²) in [5.74, 6) is 0.730. The highest BCUT2D eigenvalue weighted by molar-refractivity contribution is 4.87. The maximum atomic E-state index is 10.7. The Morgan fingerprint density at radius 1 is 1.18 bits per heavy atom. The molecule has 1 fully saturated rings. The summed E-state index contributed by atoms with van der Waals surface area (Å²) < 4.78 is 0. The molecular formula is C15H31NO. The van der Waals surface area contributed by atoms with Gasteiger partial charge in [0.05, 0.1) is 5.60 Å². The molecule has 17 heavy (non-hydrogen) atoms. The monoisotopic (exact) mass is 241 g/mol. The summed E-state index contributed by atoms with van der Waals surface area (Å²) in [6, 6.07) is 0. The molecule has 1 N–H and O–H groups in total. The van der Waals surface area contributed by atoms with Crippen LogP contribution < -0.4 is 0 Å². The predicted molar refractivity (Wildman–Crippen MR) is 74.2 cm³/mol. The molecule has 102 valence electrons. The highest BCUT2D eigenvalue weighted by Crippen LogP contribution is 2.32. The molecule has 0 bridgehead atoms. The normalized spacial score (nSPS) is 22.6. The van der Waals surface area contributed by atoms with Gasteiger partial charge in [-0.15, -0.1) is 0 Å². The molecule has 0 aliphatic carbocycles. The minimum Gasteiger partial charge on any atom is -0.390 e. The second-order valence-electron chi connectivity index (χ2n) is 5.78. The lowest BCUT2D eigenvalue weighted by Gasteiger charge is -2.39. The molecule has 0 aromatic carbocycles. The van der Waals surface area contributed by atoms with Crippen LogP contribution in [0.3, 0.4) is 0 Å². The lowest BCUT2D eigenvalue weighted by molar-refractivity contribution is -0.0393. The van der Waals surface area contributed by atoms with E-state index in [9.17, 15) is 5.11 Å². The van der Waals surface area contributed by atoms with Crippen molar-refractivity contribution in [3.8, 4) is 0 Å². The van der Waals surface area contributed by atoms with E-state index in [0.29, 0.717) is 0 Å². The van der Waals surface area contributed by atoms with E-state index in [1.807, 2.05) is 0 Å². The molecule has 2 heteroatoms. The van der Waals surface area contributed by atoms with E-state index >= 15 is 0 Å². The zero-order valence-corrected chi connectivity index (χ0v) is 12.0. The fourth-order valence-electron chi connectivity index (χ4n) is 2.97. The van der Waals surface area contributed by atoms with E-state index in [-0.39, 0.29) is 5.60 Å². The van der Waals surface area contributed by atoms with Gasteiger partial charge < -0.3 is 10.0 Å². The topological polar surface area (TPSA) is 23.5 Å². The Kier molecular flexibility index (Phi) is 6.50. The fourth-order valence-corrected chi connectivity index (χ4v) is 2.97. The van der Waals surface area contributed by atoms with Gasteiger partial charge in [0.25, 0.3) is 0 Å². The maximum Gasteiger partial charge on any atom is 0.0674 e. The van der Waals surface area contributed by atoms with Crippen molar-refractivity contribution >= 4 is 0 Å². The molecule has 0 amide bonds. The Morgan fingerprint density at radius 3 is 2.29 bits per heavy atom. The molecule has 0 spiro atoms. The summed E-state index contributed by atoms with van der Waals surface area (Å²) in [7, 11) is 0. The van der Waals surface area contributed by atoms with Gasteiger partial charge in [0.15, 0.2) is 0 Å². The first-order valence-electron chi connectivity index (χ1n) is 7.58. The third-order valence-corrected chi connectivity index (χ3v) is 4.45. The summed E-state index contributed by atoms with van der Waals surface area (Å²) in [5.41, 5.74) is -0.361. The van der Waals surface area contributed by atoms with Gasteiger partial charge in [-0.05, 0) is 31.7 Å². The number of hydrogen-bond acceptors (Lipinski definition) is 2. The number of piperidine rings is 1. The van der Waals surface area contributed by atoms with Crippen LogP contribution in [0, 0.1) is 5.92 Å². The summed E-state index contributed by atoms with van der Waals surface area (Å²) in [6.07, 6.45) is 8.09. The van der Waals surface area contributed by atoms with Crippen LogP contribution in [0.25, 0.3) is 0 Å². The van der Waals surface area contributed by atoms with Crippen LogP contribution in [-0.4, -0.2) is 35.2 Å². The van der Waals surface area contributed by atoms with Crippen molar-refractivity contribution in [1.82, 2.24) is 4.90 Å². The molecule has 1 heterocycles. The Labute approximate surface area is 107 Å². The second kappa shape index (κ2) is 7.38. The first-order valence-corrected chi connectivity index (χ1v) is 7.58. The number of likely N-dealkylation sites (tertiary alicyclic amines) is 1. The lowest BCUT2D eigenvalue weighted by atomic mass is 9.80. The maximum absolute atomic E-state index is 10.7. The van der Waals surface area contributed by atoms with Crippen LogP contribution in [0.4, 0.5) is 0 Å². The SMILES string of the molecule is CCCCC(CC)CC1(O)CCN(CC)CC1. The van der Waals surface area contributed by atoms with Gasteiger partial charge in [-0.1, -0.05) is 46.5 Å². The molecule has 0 aromatic heterocycles. The highest BCUT2D eigenvalue weighted by Gasteiger charge is 2.33. The molecule has 1 aliphatic rings. The van der Waals surface area contributed by atoms with Crippen LogP contribution in [0.5, 0.6) is 0 Å². The first kappa shape index (κ1) is 15.0. The number of nitrogens with zero attached hydrogens (tertiary/aromatic N) is 1. The molecule has 1 aliphatic heterocycles. The quantitative estimate of drug-likeness (QED) is 0.738. The molecule has 2 nitrogen and oxygen atoms in total. The van der Waals surface area contributed by atoms with Gasteiger partial charge in [-0.25, -0.2) is 0 Å². The van der Waals surface area contributed by atoms with Crippen molar-refractivity contribution in [1.29, 1.82) is 0 Å². The summed E-state index contributed by atoms with van der Waals surface area (Å²) in [6.45, 7) is 10.0. The van der Waals surface area contributed by atoms with Crippen molar-refractivity contribution < 1.29 is 5.11 Å². The zero-order chi connectivity index (χ0) is 12.7. The number of unbranched alkanes of at least 4 members (excludes halogenated alkanes) is 1. The molecule has 1 atom stereocenters. The van der Waals surface area contributed by atoms with Gasteiger partial charge in [-0.3, -0.25) is 0 Å². The Balaban J connectivity index is 2.37. The minimum atomic E-state index is -0.361. The van der Waals surface area contributed by atoms with Crippen molar-refractivity contribution in [2.45, 2.75) is 71.3 Å². The van der Waals surface area contributed by atoms with Crippen LogP contribution in [-0.2, 0) is 0 Å². The lowest BCUT2D eigenvalue weighted by Crippen LogP contribution is -2.45. The van der Waals surface area contributed by atoms with Crippen molar-refractivity contribution in [3.05, 3.63) is 0 Å². The summed E-state index contributed by atoms with van der Waals surface area (Å²) in [5, 5.41) is 10.7. The first-order chi connectivity index (χ1) is 8.13. The fraction of sp³-hybridized carbons (Fsp3) is 1.00. The van der Waals surface area contributed by atoms with E-state index in [1.54, 1.807) is 0 Å².